The van der Waals surface area contributed by atoms with Gasteiger partial charge in [-0.2, -0.15) is 0 Å². The number of nitrogens with zero attached hydrogens (tertiary/aromatic N) is 1. The summed E-state index contributed by atoms with van der Waals surface area (Å²) in [6, 6.07) is 5.76. The van der Waals surface area contributed by atoms with Gasteiger partial charge in [0.15, 0.2) is 0 Å². The van der Waals surface area contributed by atoms with E-state index < -0.39 is 0 Å². The molecule has 2 rings (SSSR count). The maximum Gasteiger partial charge on any atom is 0.251 e. The number of nitrogen functional groups attached to an aromatic ring is 1. The van der Waals surface area contributed by atoms with E-state index in [-0.39, 0.29) is 17.5 Å². The molecule has 1 aliphatic rings. The Morgan fingerprint density at radius 2 is 1.86 bits per heavy atom. The van der Waals surface area contributed by atoms with Crippen molar-refractivity contribution in [3.63, 3.8) is 0 Å². The van der Waals surface area contributed by atoms with Crippen LogP contribution in [0.1, 0.15) is 49.5 Å². The Bertz CT molecular complexity index is 491. The first-order chi connectivity index (χ1) is 9.75. The highest BCUT2D eigenvalue weighted by atomic mass is 16.1. The summed E-state index contributed by atoms with van der Waals surface area (Å²) < 4.78 is 0. The molecule has 0 saturated carbocycles. The average molecular weight is 289 g/mol. The third kappa shape index (κ3) is 4.21. The van der Waals surface area contributed by atoms with E-state index in [1.807, 2.05) is 19.1 Å². The maximum absolute atomic E-state index is 12.3. The van der Waals surface area contributed by atoms with Crippen molar-refractivity contribution in [3.8, 4) is 0 Å². The number of anilines is 1. The van der Waals surface area contributed by atoms with Crippen LogP contribution < -0.4 is 11.1 Å². The molecule has 116 valence electrons. The number of benzene rings is 1. The van der Waals surface area contributed by atoms with Crippen LogP contribution in [0.4, 0.5) is 5.69 Å². The van der Waals surface area contributed by atoms with Crippen LogP contribution in [0.5, 0.6) is 0 Å². The van der Waals surface area contributed by atoms with Gasteiger partial charge in [-0.1, -0.05) is 0 Å². The summed E-state index contributed by atoms with van der Waals surface area (Å²) in [5.41, 5.74) is 8.33. The van der Waals surface area contributed by atoms with E-state index in [0.717, 1.165) is 31.5 Å². The number of amides is 1. The van der Waals surface area contributed by atoms with Crippen LogP contribution in [0.15, 0.2) is 18.2 Å². The van der Waals surface area contributed by atoms with Gasteiger partial charge in [0.1, 0.15) is 0 Å². The molecule has 0 bridgehead atoms. The Hall–Kier alpha value is -1.55. The number of hydrogen-bond donors (Lipinski definition) is 2. The third-order valence-corrected chi connectivity index (χ3v) is 4.14. The molecule has 1 heterocycles. The highest BCUT2D eigenvalue weighted by Crippen LogP contribution is 2.20. The third-order valence-electron chi connectivity index (χ3n) is 4.14. The summed E-state index contributed by atoms with van der Waals surface area (Å²) in [7, 11) is 0. The first-order valence-electron chi connectivity index (χ1n) is 7.69. The van der Waals surface area contributed by atoms with Crippen molar-refractivity contribution in [2.24, 2.45) is 0 Å². The second kappa shape index (κ2) is 6.06. The molecule has 1 aromatic carbocycles. The molecule has 0 radical (unpaired) electrons. The number of likely N-dealkylation sites (tertiary alicyclic amines) is 1. The predicted octanol–water partition coefficient (Wildman–Crippen LogP) is 2.57. The van der Waals surface area contributed by atoms with Gasteiger partial charge < -0.3 is 11.1 Å². The highest BCUT2D eigenvalue weighted by Gasteiger charge is 2.27. The first-order valence-corrected chi connectivity index (χ1v) is 7.69. The van der Waals surface area contributed by atoms with E-state index in [2.05, 4.69) is 31.0 Å². The smallest absolute Gasteiger partial charge is 0.251 e. The summed E-state index contributed by atoms with van der Waals surface area (Å²) >= 11 is 0. The average Bonchev–Trinajstić information content (AvgIpc) is 2.37. The molecule has 21 heavy (non-hydrogen) atoms. The van der Waals surface area contributed by atoms with Crippen molar-refractivity contribution < 1.29 is 4.79 Å². The number of nitrogens with two attached hydrogens (primary N) is 1. The van der Waals surface area contributed by atoms with Crippen LogP contribution in [-0.2, 0) is 0 Å². The fourth-order valence-electron chi connectivity index (χ4n) is 2.91. The van der Waals surface area contributed by atoms with E-state index in [1.165, 1.54) is 0 Å². The number of carbonyl (C=O) groups excluding carboxylic acids is 1. The van der Waals surface area contributed by atoms with Gasteiger partial charge in [-0.15, -0.1) is 0 Å². The van der Waals surface area contributed by atoms with Gasteiger partial charge in [-0.3, -0.25) is 9.69 Å². The minimum atomic E-state index is -0.0143. The number of nitrogens with one attached hydrogen (secondary N) is 1. The second-order valence-corrected chi connectivity index (χ2v) is 7.04. The summed E-state index contributed by atoms with van der Waals surface area (Å²) in [4.78, 5) is 14.8. The fourth-order valence-corrected chi connectivity index (χ4v) is 2.91. The molecule has 1 aromatic rings. The summed E-state index contributed by atoms with van der Waals surface area (Å²) in [6.07, 6.45) is 2.01. The van der Waals surface area contributed by atoms with Crippen LogP contribution in [0.3, 0.4) is 0 Å². The topological polar surface area (TPSA) is 58.4 Å². The summed E-state index contributed by atoms with van der Waals surface area (Å²) in [5, 5.41) is 3.14. The molecule has 0 atom stereocenters. The maximum atomic E-state index is 12.3. The van der Waals surface area contributed by atoms with E-state index in [9.17, 15) is 4.79 Å². The summed E-state index contributed by atoms with van der Waals surface area (Å²) in [5.74, 6) is -0.0143. The molecule has 3 N–H and O–H groups in total. The molecule has 0 aromatic heterocycles. The Morgan fingerprint density at radius 1 is 1.24 bits per heavy atom. The van der Waals surface area contributed by atoms with Crippen LogP contribution in [0.25, 0.3) is 0 Å². The molecule has 1 saturated heterocycles. The number of carbonyl (C=O) groups is 1. The summed E-state index contributed by atoms with van der Waals surface area (Å²) in [6.45, 7) is 10.7. The van der Waals surface area contributed by atoms with Crippen LogP contribution >= 0.6 is 0 Å². The van der Waals surface area contributed by atoms with E-state index in [1.54, 1.807) is 6.07 Å². The van der Waals surface area contributed by atoms with Crippen molar-refractivity contribution in [2.45, 2.75) is 52.1 Å². The number of rotatable bonds is 2. The Labute approximate surface area is 127 Å². The largest absolute Gasteiger partial charge is 0.399 e. The number of piperidine rings is 1. The van der Waals surface area contributed by atoms with Gasteiger partial charge in [0.25, 0.3) is 5.91 Å². The SMILES string of the molecule is Cc1cc(N)cc(C(=O)NC2CCN(C(C)(C)C)CC2)c1. The molecule has 1 aliphatic heterocycles. The van der Waals surface area contributed by atoms with Crippen molar-refractivity contribution in [2.75, 3.05) is 18.8 Å². The minimum absolute atomic E-state index is 0.0143. The molecule has 4 heteroatoms. The Kier molecular flexibility index (Phi) is 4.57. The molecule has 0 unspecified atom stereocenters. The molecule has 0 spiro atoms. The lowest BCUT2D eigenvalue weighted by atomic mass is 9.97. The lowest BCUT2D eigenvalue weighted by Crippen LogP contribution is -2.50. The number of aryl methyl sites for hydroxylation is 1. The van der Waals surface area contributed by atoms with Gasteiger partial charge in [0, 0.05) is 35.9 Å². The first kappa shape index (κ1) is 15.8. The van der Waals surface area contributed by atoms with E-state index in [4.69, 9.17) is 5.73 Å². The van der Waals surface area contributed by atoms with Gasteiger partial charge in [0.05, 0.1) is 0 Å². The van der Waals surface area contributed by atoms with Crippen LogP contribution in [0.2, 0.25) is 0 Å². The molecule has 1 amide bonds. The van der Waals surface area contributed by atoms with Crippen molar-refractivity contribution in [1.29, 1.82) is 0 Å². The van der Waals surface area contributed by atoms with Crippen LogP contribution in [-0.4, -0.2) is 35.5 Å². The lowest BCUT2D eigenvalue weighted by molar-refractivity contribution is 0.0812. The Balaban J connectivity index is 1.93. The molecule has 0 aliphatic carbocycles. The monoisotopic (exact) mass is 289 g/mol. The van der Waals surface area contributed by atoms with Crippen molar-refractivity contribution in [1.82, 2.24) is 10.2 Å². The zero-order valence-corrected chi connectivity index (χ0v) is 13.6. The van der Waals surface area contributed by atoms with Gasteiger partial charge >= 0.3 is 0 Å². The second-order valence-electron chi connectivity index (χ2n) is 7.04. The van der Waals surface area contributed by atoms with Crippen molar-refractivity contribution >= 4 is 11.6 Å². The zero-order valence-electron chi connectivity index (χ0n) is 13.6. The fraction of sp³-hybridized carbons (Fsp3) is 0.588. The van der Waals surface area contributed by atoms with Gasteiger partial charge in [0.2, 0.25) is 0 Å². The standard InChI is InChI=1S/C17H27N3O/c1-12-9-13(11-14(18)10-12)16(21)19-15-5-7-20(8-6-15)17(2,3)4/h9-11,15H,5-8,18H2,1-4H3,(H,19,21). The molecule has 4 nitrogen and oxygen atoms in total. The van der Waals surface area contributed by atoms with Crippen LogP contribution in [0, 0.1) is 6.92 Å². The zero-order chi connectivity index (χ0) is 15.6. The lowest BCUT2D eigenvalue weighted by Gasteiger charge is -2.41. The minimum Gasteiger partial charge on any atom is -0.399 e. The highest BCUT2D eigenvalue weighted by molar-refractivity contribution is 5.95. The van der Waals surface area contributed by atoms with Gasteiger partial charge in [-0.25, -0.2) is 0 Å². The van der Waals surface area contributed by atoms with Crippen molar-refractivity contribution in [3.05, 3.63) is 29.3 Å². The predicted molar refractivity (Wildman–Crippen MR) is 87.4 cm³/mol. The van der Waals surface area contributed by atoms with E-state index in [0.29, 0.717) is 11.3 Å². The van der Waals surface area contributed by atoms with E-state index >= 15 is 0 Å². The molecular weight excluding hydrogens is 262 g/mol. The Morgan fingerprint density at radius 3 is 2.38 bits per heavy atom. The van der Waals surface area contributed by atoms with Gasteiger partial charge in [-0.05, 0) is 64.3 Å². The normalized spacial score (nSPS) is 17.7. The molecule has 1 fully saturated rings. The quantitative estimate of drug-likeness (QED) is 0.823. The molecular formula is C17H27N3O. The number of hydrogen-bond acceptors (Lipinski definition) is 3.